The van der Waals surface area contributed by atoms with E-state index in [0.717, 1.165) is 11.1 Å². The monoisotopic (exact) mass is 191 g/mol. The average molecular weight is 191 g/mol. The van der Waals surface area contributed by atoms with Gasteiger partial charge in [-0.1, -0.05) is 6.07 Å². The van der Waals surface area contributed by atoms with Gasteiger partial charge in [-0.2, -0.15) is 5.10 Å². The molecule has 72 valence electrons. The molecule has 2 aromatic rings. The van der Waals surface area contributed by atoms with Crippen LogP contribution in [0.4, 0.5) is 10.1 Å². The largest absolute Gasteiger partial charge is 0.398 e. The molecule has 0 spiro atoms. The number of nitrogens with one attached hydrogen (secondary N) is 1. The van der Waals surface area contributed by atoms with E-state index < -0.39 is 0 Å². The number of rotatable bonds is 2. The van der Waals surface area contributed by atoms with Gasteiger partial charge in [0.25, 0.3) is 0 Å². The van der Waals surface area contributed by atoms with Crippen molar-refractivity contribution in [2.24, 2.45) is 0 Å². The molecule has 0 saturated carbocycles. The molecule has 2 rings (SSSR count). The second kappa shape index (κ2) is 3.49. The van der Waals surface area contributed by atoms with Gasteiger partial charge < -0.3 is 5.73 Å². The zero-order valence-electron chi connectivity index (χ0n) is 7.50. The molecule has 0 unspecified atom stereocenters. The van der Waals surface area contributed by atoms with Crippen molar-refractivity contribution >= 4 is 5.69 Å². The number of hydrogen-bond donors (Lipinski definition) is 2. The topological polar surface area (TPSA) is 54.7 Å². The maximum Gasteiger partial charge on any atom is 0.125 e. The van der Waals surface area contributed by atoms with Crippen LogP contribution in [0.1, 0.15) is 11.1 Å². The third-order valence-electron chi connectivity index (χ3n) is 2.06. The molecule has 1 heterocycles. The van der Waals surface area contributed by atoms with Gasteiger partial charge in [0.05, 0.1) is 6.20 Å². The smallest absolute Gasteiger partial charge is 0.125 e. The van der Waals surface area contributed by atoms with Crippen molar-refractivity contribution < 1.29 is 4.39 Å². The van der Waals surface area contributed by atoms with Gasteiger partial charge >= 0.3 is 0 Å². The first-order valence-corrected chi connectivity index (χ1v) is 4.27. The third-order valence-corrected chi connectivity index (χ3v) is 2.06. The lowest BCUT2D eigenvalue weighted by Gasteiger charge is -2.03. The Bertz CT molecular complexity index is 423. The maximum absolute atomic E-state index is 12.7. The predicted molar refractivity (Wildman–Crippen MR) is 52.2 cm³/mol. The number of aromatic amines is 1. The molecule has 0 aliphatic rings. The Hall–Kier alpha value is -1.84. The molecule has 0 aliphatic heterocycles. The fourth-order valence-electron chi connectivity index (χ4n) is 1.32. The molecule has 4 heteroatoms. The van der Waals surface area contributed by atoms with Crippen molar-refractivity contribution in [1.29, 1.82) is 0 Å². The van der Waals surface area contributed by atoms with Crippen LogP contribution in [0, 0.1) is 5.82 Å². The third kappa shape index (κ3) is 1.74. The summed E-state index contributed by atoms with van der Waals surface area (Å²) in [5.41, 5.74) is 8.09. The number of anilines is 1. The van der Waals surface area contributed by atoms with Gasteiger partial charge in [-0.15, -0.1) is 0 Å². The molecule has 0 aliphatic carbocycles. The molecule has 3 N–H and O–H groups in total. The highest BCUT2D eigenvalue weighted by molar-refractivity contribution is 5.48. The van der Waals surface area contributed by atoms with Crippen LogP contribution in [0.25, 0.3) is 0 Å². The number of nitrogens with two attached hydrogens (primary N) is 1. The van der Waals surface area contributed by atoms with E-state index in [1.54, 1.807) is 18.5 Å². The van der Waals surface area contributed by atoms with Crippen LogP contribution >= 0.6 is 0 Å². The molecule has 0 amide bonds. The van der Waals surface area contributed by atoms with E-state index in [0.29, 0.717) is 12.1 Å². The number of nitrogen functional groups attached to an aromatic ring is 1. The van der Waals surface area contributed by atoms with Crippen LogP contribution in [0.15, 0.2) is 30.6 Å². The van der Waals surface area contributed by atoms with Crippen LogP contribution in [0.5, 0.6) is 0 Å². The number of nitrogens with zero attached hydrogens (tertiary/aromatic N) is 1. The highest BCUT2D eigenvalue weighted by atomic mass is 19.1. The Balaban J connectivity index is 2.25. The van der Waals surface area contributed by atoms with Gasteiger partial charge in [0.1, 0.15) is 5.82 Å². The minimum absolute atomic E-state index is 0.307. The zero-order chi connectivity index (χ0) is 9.97. The molecule has 0 saturated heterocycles. The molecule has 1 aromatic carbocycles. The fourth-order valence-corrected chi connectivity index (χ4v) is 1.32. The van der Waals surface area contributed by atoms with Crippen LogP contribution in [0.3, 0.4) is 0 Å². The van der Waals surface area contributed by atoms with E-state index in [2.05, 4.69) is 10.2 Å². The van der Waals surface area contributed by atoms with E-state index in [9.17, 15) is 4.39 Å². The lowest BCUT2D eigenvalue weighted by atomic mass is 10.1. The summed E-state index contributed by atoms with van der Waals surface area (Å²) in [5, 5.41) is 6.54. The summed E-state index contributed by atoms with van der Waals surface area (Å²) in [6.45, 7) is 0. The molecule has 14 heavy (non-hydrogen) atoms. The maximum atomic E-state index is 12.7. The van der Waals surface area contributed by atoms with Crippen LogP contribution in [-0.2, 0) is 6.42 Å². The van der Waals surface area contributed by atoms with E-state index >= 15 is 0 Å². The molecule has 3 nitrogen and oxygen atoms in total. The van der Waals surface area contributed by atoms with E-state index in [-0.39, 0.29) is 5.82 Å². The number of aromatic nitrogens is 2. The number of benzene rings is 1. The van der Waals surface area contributed by atoms with Crippen molar-refractivity contribution in [2.75, 3.05) is 5.73 Å². The van der Waals surface area contributed by atoms with Crippen LogP contribution in [-0.4, -0.2) is 10.2 Å². The van der Waals surface area contributed by atoms with Gasteiger partial charge in [0.15, 0.2) is 0 Å². The normalized spacial score (nSPS) is 10.4. The quantitative estimate of drug-likeness (QED) is 0.710. The summed E-state index contributed by atoms with van der Waals surface area (Å²) in [4.78, 5) is 0. The van der Waals surface area contributed by atoms with Gasteiger partial charge in [-0.25, -0.2) is 4.39 Å². The Morgan fingerprint density at radius 3 is 2.93 bits per heavy atom. The summed E-state index contributed by atoms with van der Waals surface area (Å²) < 4.78 is 12.7. The molecule has 0 atom stereocenters. The van der Waals surface area contributed by atoms with Crippen molar-refractivity contribution in [2.45, 2.75) is 6.42 Å². The van der Waals surface area contributed by atoms with Gasteiger partial charge in [0.2, 0.25) is 0 Å². The molecule has 1 aromatic heterocycles. The van der Waals surface area contributed by atoms with E-state index in [1.807, 2.05) is 0 Å². The molecular weight excluding hydrogens is 181 g/mol. The molecular formula is C10H10FN3. The van der Waals surface area contributed by atoms with Gasteiger partial charge in [-0.3, -0.25) is 5.10 Å². The van der Waals surface area contributed by atoms with E-state index in [1.165, 1.54) is 12.1 Å². The first kappa shape index (κ1) is 8.74. The van der Waals surface area contributed by atoms with E-state index in [4.69, 9.17) is 5.73 Å². The summed E-state index contributed by atoms with van der Waals surface area (Å²) >= 11 is 0. The second-order valence-corrected chi connectivity index (χ2v) is 3.13. The Morgan fingerprint density at radius 2 is 2.29 bits per heavy atom. The average Bonchev–Trinajstić information content (AvgIpc) is 2.62. The molecule has 0 bridgehead atoms. The minimum atomic E-state index is -0.307. The summed E-state index contributed by atoms with van der Waals surface area (Å²) in [7, 11) is 0. The van der Waals surface area contributed by atoms with Crippen molar-refractivity contribution in [3.8, 4) is 0 Å². The zero-order valence-corrected chi connectivity index (χ0v) is 7.50. The summed E-state index contributed by atoms with van der Waals surface area (Å²) in [6.07, 6.45) is 4.19. The first-order chi connectivity index (χ1) is 6.75. The number of hydrogen-bond acceptors (Lipinski definition) is 2. The van der Waals surface area contributed by atoms with Crippen molar-refractivity contribution in [1.82, 2.24) is 10.2 Å². The van der Waals surface area contributed by atoms with Crippen LogP contribution < -0.4 is 5.73 Å². The first-order valence-electron chi connectivity index (χ1n) is 4.27. The highest BCUT2D eigenvalue weighted by Gasteiger charge is 2.02. The van der Waals surface area contributed by atoms with Gasteiger partial charge in [-0.05, 0) is 23.3 Å². The second-order valence-electron chi connectivity index (χ2n) is 3.13. The predicted octanol–water partition coefficient (Wildman–Crippen LogP) is 1.72. The summed E-state index contributed by atoms with van der Waals surface area (Å²) in [6, 6.07) is 4.43. The van der Waals surface area contributed by atoms with Crippen LogP contribution in [0.2, 0.25) is 0 Å². The Morgan fingerprint density at radius 1 is 1.43 bits per heavy atom. The van der Waals surface area contributed by atoms with Crippen molar-refractivity contribution in [3.63, 3.8) is 0 Å². The fraction of sp³-hybridized carbons (Fsp3) is 0.100. The Labute approximate surface area is 80.8 Å². The lowest BCUT2D eigenvalue weighted by molar-refractivity contribution is 0.628. The minimum Gasteiger partial charge on any atom is -0.398 e. The Kier molecular flexibility index (Phi) is 2.18. The highest BCUT2D eigenvalue weighted by Crippen LogP contribution is 2.16. The lowest BCUT2D eigenvalue weighted by Crippen LogP contribution is -1.95. The van der Waals surface area contributed by atoms with Gasteiger partial charge in [0, 0.05) is 18.3 Å². The number of H-pyrrole nitrogens is 1. The standard InChI is InChI=1S/C10H10FN3/c11-9-2-1-8(10(12)4-9)3-7-5-13-14-6-7/h1-2,4-6H,3,12H2,(H,13,14). The molecule has 0 fully saturated rings. The summed E-state index contributed by atoms with van der Waals surface area (Å²) in [5.74, 6) is -0.307. The van der Waals surface area contributed by atoms with Crippen molar-refractivity contribution in [3.05, 3.63) is 47.5 Å². The SMILES string of the molecule is Nc1cc(F)ccc1Cc1cn[nH]c1. The molecule has 0 radical (unpaired) electrons. The number of halogens is 1.